The van der Waals surface area contributed by atoms with Gasteiger partial charge in [0.05, 0.1) is 0 Å². The Morgan fingerprint density at radius 1 is 1.00 bits per heavy atom. The SMILES string of the molecule is CC(C)CN([Si](C)C)[Si](C)C. The maximum atomic E-state index is 2.74. The van der Waals surface area contributed by atoms with Gasteiger partial charge in [-0.1, -0.05) is 40.0 Å². The van der Waals surface area contributed by atoms with Crippen molar-refractivity contribution in [2.45, 2.75) is 40.0 Å². The van der Waals surface area contributed by atoms with Crippen LogP contribution in [0.2, 0.25) is 26.2 Å². The van der Waals surface area contributed by atoms with Crippen molar-refractivity contribution in [2.24, 2.45) is 5.92 Å². The van der Waals surface area contributed by atoms with Crippen molar-refractivity contribution in [1.82, 2.24) is 4.23 Å². The van der Waals surface area contributed by atoms with E-state index in [1.807, 2.05) is 0 Å². The van der Waals surface area contributed by atoms with Crippen molar-refractivity contribution in [1.29, 1.82) is 0 Å². The standard InChI is InChI=1S/C8H21NSi2/c1-8(2)7-9(10(3)4)11(5)6/h8H,7H2,1-6H3. The van der Waals surface area contributed by atoms with E-state index in [-0.39, 0.29) is 17.9 Å². The van der Waals surface area contributed by atoms with Gasteiger partial charge in [-0.3, -0.25) is 0 Å². The summed E-state index contributed by atoms with van der Waals surface area (Å²) in [4.78, 5) is 0. The van der Waals surface area contributed by atoms with Gasteiger partial charge in [0.15, 0.2) is 0 Å². The molecule has 0 heterocycles. The Bertz CT molecular complexity index is 94.3. The molecular formula is C8H21NSi2. The second kappa shape index (κ2) is 5.11. The van der Waals surface area contributed by atoms with Gasteiger partial charge in [-0.2, -0.15) is 0 Å². The fourth-order valence-corrected chi connectivity index (χ4v) is 6.22. The molecule has 0 aromatic carbocycles. The average Bonchev–Trinajstić information content (AvgIpc) is 1.81. The van der Waals surface area contributed by atoms with Crippen LogP contribution >= 0.6 is 0 Å². The van der Waals surface area contributed by atoms with E-state index >= 15 is 0 Å². The van der Waals surface area contributed by atoms with E-state index in [0.717, 1.165) is 5.92 Å². The highest BCUT2D eigenvalue weighted by Crippen LogP contribution is 2.04. The zero-order chi connectivity index (χ0) is 9.02. The first-order valence-electron chi connectivity index (χ1n) is 4.33. The normalized spacial score (nSPS) is 12.5. The molecular weight excluding hydrogens is 166 g/mol. The van der Waals surface area contributed by atoms with Gasteiger partial charge < -0.3 is 4.23 Å². The van der Waals surface area contributed by atoms with Crippen molar-refractivity contribution in [3.63, 3.8) is 0 Å². The van der Waals surface area contributed by atoms with E-state index in [0.29, 0.717) is 0 Å². The maximum absolute atomic E-state index is 2.74. The Hall–Kier alpha value is 0.394. The lowest BCUT2D eigenvalue weighted by atomic mass is 10.2. The highest BCUT2D eigenvalue weighted by Gasteiger charge is 2.16. The van der Waals surface area contributed by atoms with Crippen LogP contribution in [0.25, 0.3) is 0 Å². The Morgan fingerprint density at radius 3 is 1.45 bits per heavy atom. The van der Waals surface area contributed by atoms with Crippen molar-refractivity contribution in [2.75, 3.05) is 6.54 Å². The van der Waals surface area contributed by atoms with Crippen LogP contribution in [0.4, 0.5) is 0 Å². The predicted molar refractivity (Wildman–Crippen MR) is 56.5 cm³/mol. The minimum atomic E-state index is -0.189. The Morgan fingerprint density at radius 2 is 1.36 bits per heavy atom. The molecule has 3 heteroatoms. The lowest BCUT2D eigenvalue weighted by Crippen LogP contribution is -2.45. The van der Waals surface area contributed by atoms with Gasteiger partial charge in [0.2, 0.25) is 0 Å². The number of rotatable bonds is 4. The summed E-state index contributed by atoms with van der Waals surface area (Å²) in [7, 11) is -0.378. The molecule has 0 amide bonds. The molecule has 0 fully saturated rings. The monoisotopic (exact) mass is 187 g/mol. The summed E-state index contributed by atoms with van der Waals surface area (Å²) in [5, 5.41) is 0. The number of hydrogen-bond donors (Lipinski definition) is 0. The molecule has 0 atom stereocenters. The van der Waals surface area contributed by atoms with E-state index in [2.05, 4.69) is 44.3 Å². The lowest BCUT2D eigenvalue weighted by molar-refractivity contribution is 0.511. The van der Waals surface area contributed by atoms with Gasteiger partial charge in [-0.05, 0) is 12.5 Å². The third-order valence-electron chi connectivity index (χ3n) is 1.63. The number of hydrogen-bond acceptors (Lipinski definition) is 1. The van der Waals surface area contributed by atoms with E-state index in [4.69, 9.17) is 0 Å². The van der Waals surface area contributed by atoms with Gasteiger partial charge in [-0.25, -0.2) is 0 Å². The summed E-state index contributed by atoms with van der Waals surface area (Å²) < 4.78 is 2.74. The quantitative estimate of drug-likeness (QED) is 0.611. The third kappa shape index (κ3) is 4.77. The Balaban J connectivity index is 3.90. The first kappa shape index (κ1) is 11.4. The molecule has 1 nitrogen and oxygen atoms in total. The molecule has 2 radical (unpaired) electrons. The summed E-state index contributed by atoms with van der Waals surface area (Å²) in [6.45, 7) is 15.5. The van der Waals surface area contributed by atoms with E-state index in [9.17, 15) is 0 Å². The molecule has 11 heavy (non-hydrogen) atoms. The molecule has 0 bridgehead atoms. The van der Waals surface area contributed by atoms with Crippen LogP contribution in [0.3, 0.4) is 0 Å². The van der Waals surface area contributed by atoms with Gasteiger partial charge in [-0.15, -0.1) is 0 Å². The molecule has 0 aliphatic rings. The van der Waals surface area contributed by atoms with Crippen LogP contribution in [0, 0.1) is 5.92 Å². The zero-order valence-corrected chi connectivity index (χ0v) is 10.7. The third-order valence-corrected chi connectivity index (χ3v) is 6.84. The topological polar surface area (TPSA) is 3.24 Å². The van der Waals surface area contributed by atoms with Crippen molar-refractivity contribution < 1.29 is 0 Å². The van der Waals surface area contributed by atoms with Crippen LogP contribution in [0.1, 0.15) is 13.8 Å². The average molecular weight is 187 g/mol. The smallest absolute Gasteiger partial charge is 0.122 e. The molecule has 0 unspecified atom stereocenters. The minimum Gasteiger partial charge on any atom is -0.347 e. The maximum Gasteiger partial charge on any atom is 0.122 e. The largest absolute Gasteiger partial charge is 0.347 e. The summed E-state index contributed by atoms with van der Waals surface area (Å²) >= 11 is 0. The number of nitrogens with zero attached hydrogens (tertiary/aromatic N) is 1. The molecule has 0 saturated heterocycles. The first-order chi connectivity index (χ1) is 4.95. The Kier molecular flexibility index (Phi) is 5.30. The molecule has 0 N–H and O–H groups in total. The summed E-state index contributed by atoms with van der Waals surface area (Å²) in [6.07, 6.45) is 0. The molecule has 0 aromatic heterocycles. The fraction of sp³-hybridized carbons (Fsp3) is 1.00. The first-order valence-corrected chi connectivity index (χ1v) is 9.22. The Labute approximate surface area is 75.2 Å². The van der Waals surface area contributed by atoms with Crippen molar-refractivity contribution in [3.05, 3.63) is 0 Å². The van der Waals surface area contributed by atoms with Crippen LogP contribution in [-0.2, 0) is 0 Å². The van der Waals surface area contributed by atoms with Crippen molar-refractivity contribution >= 4 is 17.9 Å². The molecule has 0 aromatic rings. The highest BCUT2D eigenvalue weighted by atomic mass is 28.3. The van der Waals surface area contributed by atoms with Gasteiger partial charge in [0.1, 0.15) is 17.9 Å². The second-order valence-electron chi connectivity index (χ2n) is 3.90. The summed E-state index contributed by atoms with van der Waals surface area (Å²) in [5.74, 6) is 0.829. The van der Waals surface area contributed by atoms with Crippen LogP contribution in [0.15, 0.2) is 0 Å². The van der Waals surface area contributed by atoms with E-state index < -0.39 is 0 Å². The van der Waals surface area contributed by atoms with Crippen LogP contribution in [0.5, 0.6) is 0 Å². The highest BCUT2D eigenvalue weighted by molar-refractivity contribution is 6.69. The second-order valence-corrected chi connectivity index (χ2v) is 9.21. The predicted octanol–water partition coefficient (Wildman–Crippen LogP) is 2.45. The van der Waals surface area contributed by atoms with Crippen LogP contribution in [-0.4, -0.2) is 28.7 Å². The molecule has 0 saturated carbocycles. The van der Waals surface area contributed by atoms with E-state index in [1.54, 1.807) is 0 Å². The fourth-order valence-electron chi connectivity index (χ4n) is 1.18. The summed E-state index contributed by atoms with van der Waals surface area (Å²) in [5.41, 5.74) is 0. The van der Waals surface area contributed by atoms with Gasteiger partial charge >= 0.3 is 0 Å². The van der Waals surface area contributed by atoms with Gasteiger partial charge in [0.25, 0.3) is 0 Å². The van der Waals surface area contributed by atoms with Gasteiger partial charge in [0, 0.05) is 0 Å². The summed E-state index contributed by atoms with van der Waals surface area (Å²) in [6, 6.07) is 0. The molecule has 66 valence electrons. The van der Waals surface area contributed by atoms with Crippen LogP contribution < -0.4 is 0 Å². The minimum absolute atomic E-state index is 0.189. The molecule has 0 aliphatic carbocycles. The molecule has 0 rings (SSSR count). The van der Waals surface area contributed by atoms with Crippen molar-refractivity contribution in [3.8, 4) is 0 Å². The zero-order valence-electron chi connectivity index (χ0n) is 8.73. The molecule has 0 spiro atoms. The van der Waals surface area contributed by atoms with E-state index in [1.165, 1.54) is 6.54 Å². The lowest BCUT2D eigenvalue weighted by Gasteiger charge is -2.30. The molecule has 0 aliphatic heterocycles.